The van der Waals surface area contributed by atoms with Crippen LogP contribution in [-0.4, -0.2) is 46.1 Å². The van der Waals surface area contributed by atoms with E-state index in [0.717, 1.165) is 18.4 Å². The molecule has 2 fully saturated rings. The lowest BCUT2D eigenvalue weighted by Crippen LogP contribution is -2.49. The molecule has 0 radical (unpaired) electrons. The zero-order valence-corrected chi connectivity index (χ0v) is 16.6. The SMILES string of the molecule is Cc1n[nH]c(C)c1S(=O)(=O)N1[C@@H]2CC[C@H]1C[C@@H](Oc1nc3ccccc3o1)C2. The van der Waals surface area contributed by atoms with Gasteiger partial charge in [0.1, 0.15) is 16.5 Å². The fraction of sp³-hybridized carbons (Fsp3) is 0.474. The Morgan fingerprint density at radius 3 is 2.54 bits per heavy atom. The van der Waals surface area contributed by atoms with Crippen molar-refractivity contribution >= 4 is 21.1 Å². The molecule has 0 spiro atoms. The molecule has 0 aliphatic carbocycles. The second kappa shape index (κ2) is 6.31. The quantitative estimate of drug-likeness (QED) is 0.720. The van der Waals surface area contributed by atoms with Gasteiger partial charge < -0.3 is 9.15 Å². The molecule has 2 bridgehead atoms. The van der Waals surface area contributed by atoms with Gasteiger partial charge in [-0.1, -0.05) is 12.1 Å². The van der Waals surface area contributed by atoms with Crippen LogP contribution in [0.1, 0.15) is 37.1 Å². The Balaban J connectivity index is 1.37. The Morgan fingerprint density at radius 2 is 1.89 bits per heavy atom. The van der Waals surface area contributed by atoms with Crippen molar-refractivity contribution < 1.29 is 17.6 Å². The summed E-state index contributed by atoms with van der Waals surface area (Å²) >= 11 is 0. The highest BCUT2D eigenvalue weighted by Gasteiger charge is 2.49. The van der Waals surface area contributed by atoms with E-state index in [9.17, 15) is 8.42 Å². The Hall–Kier alpha value is -2.39. The topological polar surface area (TPSA) is 101 Å². The molecule has 2 aromatic heterocycles. The zero-order valence-electron chi connectivity index (χ0n) is 15.8. The minimum absolute atomic E-state index is 0.0770. The van der Waals surface area contributed by atoms with Gasteiger partial charge in [0, 0.05) is 24.9 Å². The third kappa shape index (κ3) is 2.72. The summed E-state index contributed by atoms with van der Waals surface area (Å²) < 4.78 is 40.0. The van der Waals surface area contributed by atoms with Gasteiger partial charge >= 0.3 is 6.08 Å². The van der Waals surface area contributed by atoms with Crippen LogP contribution in [0.25, 0.3) is 11.1 Å². The van der Waals surface area contributed by atoms with Crippen molar-refractivity contribution in [1.29, 1.82) is 0 Å². The van der Waals surface area contributed by atoms with Crippen LogP contribution in [0.2, 0.25) is 0 Å². The maximum atomic E-state index is 13.3. The predicted octanol–water partition coefficient (Wildman–Crippen LogP) is 2.93. The van der Waals surface area contributed by atoms with Gasteiger partial charge in [-0.2, -0.15) is 14.4 Å². The standard InChI is InChI=1S/C19H22N4O4S/c1-11-18(12(2)22-21-11)28(24,25)23-13-7-8-14(23)10-15(9-13)26-19-20-16-5-3-4-6-17(16)27-19/h3-6,13-15H,7-10H2,1-2H3,(H,21,22)/t13-,14+,15+. The number of nitrogens with zero attached hydrogens (tertiary/aromatic N) is 3. The smallest absolute Gasteiger partial charge is 0.394 e. The average Bonchev–Trinajstić information content (AvgIpc) is 3.29. The number of benzene rings is 1. The number of para-hydroxylation sites is 2. The lowest BCUT2D eigenvalue weighted by atomic mass is 10.0. The van der Waals surface area contributed by atoms with Crippen molar-refractivity contribution in [3.05, 3.63) is 35.7 Å². The van der Waals surface area contributed by atoms with Gasteiger partial charge in [0.05, 0.1) is 11.4 Å². The van der Waals surface area contributed by atoms with Crippen LogP contribution in [0.5, 0.6) is 6.08 Å². The minimum Gasteiger partial charge on any atom is -0.447 e. The first kappa shape index (κ1) is 17.7. The van der Waals surface area contributed by atoms with Gasteiger partial charge in [0.2, 0.25) is 10.0 Å². The maximum Gasteiger partial charge on any atom is 0.394 e. The van der Waals surface area contributed by atoms with E-state index in [0.29, 0.717) is 34.7 Å². The van der Waals surface area contributed by atoms with Gasteiger partial charge in [-0.15, -0.1) is 0 Å². The molecule has 8 nitrogen and oxygen atoms in total. The first-order valence-electron chi connectivity index (χ1n) is 9.51. The lowest BCUT2D eigenvalue weighted by Gasteiger charge is -2.37. The van der Waals surface area contributed by atoms with E-state index in [-0.39, 0.29) is 24.3 Å². The van der Waals surface area contributed by atoms with Crippen molar-refractivity contribution in [3.63, 3.8) is 0 Å². The molecule has 2 aliphatic rings. The number of H-pyrrole nitrogens is 1. The molecule has 0 amide bonds. The Labute approximate surface area is 162 Å². The number of oxazole rings is 1. The number of hydrogen-bond donors (Lipinski definition) is 1. The molecule has 0 saturated carbocycles. The number of nitrogens with one attached hydrogen (secondary N) is 1. The van der Waals surface area contributed by atoms with Gasteiger partial charge in [0.15, 0.2) is 5.58 Å². The van der Waals surface area contributed by atoms with Crippen LogP contribution in [0.3, 0.4) is 0 Å². The molecule has 2 aliphatic heterocycles. The van der Waals surface area contributed by atoms with E-state index in [1.807, 2.05) is 24.3 Å². The van der Waals surface area contributed by atoms with Crippen molar-refractivity contribution in [1.82, 2.24) is 19.5 Å². The summed E-state index contributed by atoms with van der Waals surface area (Å²) in [5, 5.41) is 6.85. The number of fused-ring (bicyclic) bond motifs is 3. The lowest BCUT2D eigenvalue weighted by molar-refractivity contribution is 0.0715. The number of sulfonamides is 1. The molecule has 148 valence electrons. The Kier molecular flexibility index (Phi) is 3.99. The molecule has 0 unspecified atom stereocenters. The van der Waals surface area contributed by atoms with Crippen LogP contribution in [0, 0.1) is 13.8 Å². The van der Waals surface area contributed by atoms with E-state index >= 15 is 0 Å². The number of ether oxygens (including phenoxy) is 1. The molecule has 28 heavy (non-hydrogen) atoms. The third-order valence-electron chi connectivity index (χ3n) is 5.76. The second-order valence-corrected chi connectivity index (χ2v) is 9.42. The normalized spacial score (nSPS) is 25.4. The number of aromatic amines is 1. The van der Waals surface area contributed by atoms with Crippen LogP contribution >= 0.6 is 0 Å². The van der Waals surface area contributed by atoms with Gasteiger partial charge in [-0.25, -0.2) is 8.42 Å². The molecule has 9 heteroatoms. The summed E-state index contributed by atoms with van der Waals surface area (Å²) in [6.45, 7) is 3.47. The fourth-order valence-electron chi connectivity index (χ4n) is 4.64. The van der Waals surface area contributed by atoms with Crippen molar-refractivity contribution in [2.24, 2.45) is 0 Å². The van der Waals surface area contributed by atoms with E-state index in [1.165, 1.54) is 0 Å². The van der Waals surface area contributed by atoms with Crippen LogP contribution in [0.15, 0.2) is 33.6 Å². The number of aromatic nitrogens is 3. The molecule has 1 aromatic carbocycles. The van der Waals surface area contributed by atoms with Crippen LogP contribution in [-0.2, 0) is 10.0 Å². The molecule has 2 saturated heterocycles. The van der Waals surface area contributed by atoms with Crippen molar-refractivity contribution in [2.75, 3.05) is 0 Å². The molecule has 3 aromatic rings. The number of aryl methyl sites for hydroxylation is 2. The molecule has 4 heterocycles. The molecular weight excluding hydrogens is 380 g/mol. The monoisotopic (exact) mass is 402 g/mol. The molecule has 3 atom stereocenters. The number of piperidine rings is 1. The number of hydrogen-bond acceptors (Lipinski definition) is 6. The summed E-state index contributed by atoms with van der Waals surface area (Å²) in [5.74, 6) is 0. The third-order valence-corrected chi connectivity index (χ3v) is 8.03. The summed E-state index contributed by atoms with van der Waals surface area (Å²) in [7, 11) is -3.59. The number of rotatable bonds is 4. The van der Waals surface area contributed by atoms with Crippen molar-refractivity contribution in [2.45, 2.75) is 62.6 Å². The molecule has 1 N–H and O–H groups in total. The van der Waals surface area contributed by atoms with Crippen LogP contribution < -0.4 is 4.74 Å². The predicted molar refractivity (Wildman–Crippen MR) is 102 cm³/mol. The fourth-order valence-corrected chi connectivity index (χ4v) is 6.87. The first-order valence-corrected chi connectivity index (χ1v) is 10.9. The highest BCUT2D eigenvalue weighted by molar-refractivity contribution is 7.89. The zero-order chi connectivity index (χ0) is 19.5. The minimum atomic E-state index is -3.59. The summed E-state index contributed by atoms with van der Waals surface area (Å²) in [6.07, 6.45) is 3.09. The molecular formula is C19H22N4O4S. The molecule has 5 rings (SSSR count). The van der Waals surface area contributed by atoms with Gasteiger partial charge in [-0.05, 0) is 38.8 Å². The maximum absolute atomic E-state index is 13.3. The summed E-state index contributed by atoms with van der Waals surface area (Å²) in [6, 6.07) is 7.36. The van der Waals surface area contributed by atoms with E-state index < -0.39 is 10.0 Å². The van der Waals surface area contributed by atoms with E-state index in [2.05, 4.69) is 15.2 Å². The second-order valence-electron chi connectivity index (χ2n) is 7.64. The van der Waals surface area contributed by atoms with Gasteiger partial charge in [0.25, 0.3) is 0 Å². The van der Waals surface area contributed by atoms with Gasteiger partial charge in [-0.3, -0.25) is 5.10 Å². The van der Waals surface area contributed by atoms with E-state index in [1.54, 1.807) is 18.2 Å². The summed E-state index contributed by atoms with van der Waals surface area (Å²) in [4.78, 5) is 4.68. The van der Waals surface area contributed by atoms with Crippen LogP contribution in [0.4, 0.5) is 0 Å². The highest BCUT2D eigenvalue weighted by atomic mass is 32.2. The first-order chi connectivity index (χ1) is 13.4. The summed E-state index contributed by atoms with van der Waals surface area (Å²) in [5.41, 5.74) is 2.54. The van der Waals surface area contributed by atoms with E-state index in [4.69, 9.17) is 9.15 Å². The average molecular weight is 402 g/mol. The largest absolute Gasteiger partial charge is 0.447 e. The Morgan fingerprint density at radius 1 is 1.18 bits per heavy atom. The van der Waals surface area contributed by atoms with Crippen molar-refractivity contribution in [3.8, 4) is 6.08 Å². The Bertz CT molecular complexity index is 1070. The highest BCUT2D eigenvalue weighted by Crippen LogP contribution is 2.41.